The van der Waals surface area contributed by atoms with Crippen molar-refractivity contribution in [3.05, 3.63) is 81.5 Å². The number of pyridine rings is 1. The number of fused-ring (bicyclic) bond motifs is 1. The molecule has 1 spiro atoms. The molecule has 2 aromatic carbocycles. The van der Waals surface area contributed by atoms with Crippen LogP contribution >= 0.6 is 23.2 Å². The topological polar surface area (TPSA) is 116 Å². The first kappa shape index (κ1) is 33.5. The van der Waals surface area contributed by atoms with Gasteiger partial charge in [-0.15, -0.1) is 0 Å². The number of nitrogens with zero attached hydrogens (tertiary/aromatic N) is 6. The predicted molar refractivity (Wildman–Crippen MR) is 189 cm³/mol. The van der Waals surface area contributed by atoms with E-state index in [1.807, 2.05) is 46.8 Å². The molecule has 3 aliphatic rings. The number of ether oxygens (including phenoxy) is 1. The monoisotopic (exact) mass is 703 g/mol. The molecule has 0 bridgehead atoms. The summed E-state index contributed by atoms with van der Waals surface area (Å²) in [6, 6.07) is 13.2. The molecule has 0 atom stereocenters. The minimum absolute atomic E-state index is 0.0811. The van der Waals surface area contributed by atoms with Gasteiger partial charge in [0.05, 0.1) is 40.8 Å². The van der Waals surface area contributed by atoms with E-state index < -0.39 is 0 Å². The summed E-state index contributed by atoms with van der Waals surface area (Å²) >= 11 is 14.0. The number of hydrogen-bond donors (Lipinski definition) is 2. The van der Waals surface area contributed by atoms with E-state index in [1.54, 1.807) is 26.3 Å². The highest BCUT2D eigenvalue weighted by Gasteiger charge is 2.52. The van der Waals surface area contributed by atoms with Crippen molar-refractivity contribution in [2.24, 2.45) is 12.5 Å². The van der Waals surface area contributed by atoms with Gasteiger partial charge < -0.3 is 24.6 Å². The van der Waals surface area contributed by atoms with Gasteiger partial charge >= 0.3 is 0 Å². The van der Waals surface area contributed by atoms with Crippen molar-refractivity contribution in [2.45, 2.75) is 26.4 Å². The number of aromatic nitrogens is 3. The van der Waals surface area contributed by atoms with Crippen LogP contribution in [-0.2, 0) is 31.4 Å². The summed E-state index contributed by atoms with van der Waals surface area (Å²) in [7, 11) is 3.51. The number of β-amino-alcohol motifs (C(OH)–C–C–N with tert-alkyl or cyclic N) is 1. The molecule has 3 aliphatic heterocycles. The van der Waals surface area contributed by atoms with Crippen LogP contribution in [0.3, 0.4) is 0 Å². The van der Waals surface area contributed by atoms with Gasteiger partial charge in [-0.1, -0.05) is 47.5 Å². The summed E-state index contributed by atoms with van der Waals surface area (Å²) in [5.74, 6) is 0.833. The van der Waals surface area contributed by atoms with Crippen molar-refractivity contribution in [2.75, 3.05) is 58.3 Å². The van der Waals surface area contributed by atoms with E-state index in [4.69, 9.17) is 27.9 Å². The van der Waals surface area contributed by atoms with Crippen LogP contribution < -0.4 is 10.1 Å². The Morgan fingerprint density at radius 2 is 1.82 bits per heavy atom. The number of methoxy groups -OCH3 is 1. The minimum atomic E-state index is -0.363. The van der Waals surface area contributed by atoms with E-state index in [2.05, 4.69) is 31.2 Å². The maximum Gasteiger partial charge on any atom is 0.291 e. The smallest absolute Gasteiger partial charge is 0.291 e. The molecule has 2 aromatic heterocycles. The number of anilines is 1. The fourth-order valence-corrected chi connectivity index (χ4v) is 8.05. The molecule has 7 rings (SSSR count). The Bertz CT molecular complexity index is 1930. The highest BCUT2D eigenvalue weighted by atomic mass is 35.5. The molecular formula is C36H39Cl2N7O4. The Morgan fingerprint density at radius 1 is 1.04 bits per heavy atom. The number of carbonyl (C=O) groups is 2. The molecule has 0 aliphatic carbocycles. The number of halogens is 2. The maximum absolute atomic E-state index is 13.5. The molecule has 2 saturated heterocycles. The van der Waals surface area contributed by atoms with Crippen LogP contribution in [0.2, 0.25) is 10.0 Å². The average Bonchev–Trinajstić information content (AvgIpc) is 3.38. The van der Waals surface area contributed by atoms with Crippen LogP contribution in [0.25, 0.3) is 22.4 Å². The van der Waals surface area contributed by atoms with Gasteiger partial charge in [0, 0.05) is 112 Å². The number of imidazole rings is 1. The fraction of sp³-hybridized carbons (Fsp3) is 0.389. The van der Waals surface area contributed by atoms with Gasteiger partial charge in [-0.2, -0.15) is 0 Å². The third kappa shape index (κ3) is 6.30. The number of likely N-dealkylation sites (tertiary alicyclic amines) is 2. The van der Waals surface area contributed by atoms with Crippen molar-refractivity contribution in [1.82, 2.24) is 29.2 Å². The predicted octanol–water partition coefficient (Wildman–Crippen LogP) is 4.73. The fourth-order valence-electron chi connectivity index (χ4n) is 7.45. The first-order valence-corrected chi connectivity index (χ1v) is 17.1. The number of hydrogen-bond acceptors (Lipinski definition) is 8. The lowest BCUT2D eigenvalue weighted by Gasteiger charge is -2.60. The van der Waals surface area contributed by atoms with Crippen LogP contribution in [0.4, 0.5) is 5.69 Å². The van der Waals surface area contributed by atoms with Crippen LogP contribution in [0.15, 0.2) is 48.7 Å². The van der Waals surface area contributed by atoms with Crippen molar-refractivity contribution in [3.8, 4) is 28.1 Å². The number of aliphatic hydroxyl groups excluding tert-OH is 1. The largest absolute Gasteiger partial charge is 0.496 e. The van der Waals surface area contributed by atoms with Gasteiger partial charge in [-0.05, 0) is 18.2 Å². The Kier molecular flexibility index (Phi) is 9.14. The molecule has 11 nitrogen and oxygen atoms in total. The average molecular weight is 705 g/mol. The number of aliphatic hydroxyl groups is 1. The maximum atomic E-state index is 13.5. The lowest BCUT2D eigenvalue weighted by Crippen LogP contribution is -2.72. The first-order chi connectivity index (χ1) is 23.6. The van der Waals surface area contributed by atoms with E-state index >= 15 is 0 Å². The molecule has 0 unspecified atom stereocenters. The van der Waals surface area contributed by atoms with Crippen molar-refractivity contribution < 1.29 is 19.4 Å². The van der Waals surface area contributed by atoms with Crippen LogP contribution in [-0.4, -0.2) is 99.1 Å². The molecule has 5 heterocycles. The molecular weight excluding hydrogens is 665 g/mol. The highest BCUT2D eigenvalue weighted by Crippen LogP contribution is 2.43. The lowest BCUT2D eigenvalue weighted by molar-refractivity contribution is -0.157. The summed E-state index contributed by atoms with van der Waals surface area (Å²) in [5.41, 5.74) is 6.34. The third-order valence-corrected chi connectivity index (χ3v) is 10.7. The van der Waals surface area contributed by atoms with E-state index in [0.717, 1.165) is 74.0 Å². The van der Waals surface area contributed by atoms with Crippen molar-refractivity contribution >= 4 is 40.7 Å². The zero-order chi connectivity index (χ0) is 34.4. The van der Waals surface area contributed by atoms with Crippen LogP contribution in [0, 0.1) is 5.41 Å². The van der Waals surface area contributed by atoms with E-state index in [0.29, 0.717) is 51.5 Å². The number of benzene rings is 2. The number of amides is 2. The summed E-state index contributed by atoms with van der Waals surface area (Å²) in [4.78, 5) is 40.7. The van der Waals surface area contributed by atoms with Crippen molar-refractivity contribution in [3.63, 3.8) is 0 Å². The molecule has 4 aromatic rings. The summed E-state index contributed by atoms with van der Waals surface area (Å²) in [6.07, 6.45) is 2.44. The van der Waals surface area contributed by atoms with Gasteiger partial charge in [-0.25, -0.2) is 4.98 Å². The van der Waals surface area contributed by atoms with Gasteiger partial charge in [0.15, 0.2) is 5.82 Å². The van der Waals surface area contributed by atoms with E-state index in [9.17, 15) is 14.7 Å². The molecule has 0 radical (unpaired) electrons. The molecule has 256 valence electrons. The first-order valence-electron chi connectivity index (χ1n) is 16.4. The Morgan fingerprint density at radius 3 is 2.55 bits per heavy atom. The van der Waals surface area contributed by atoms with Gasteiger partial charge in [0.2, 0.25) is 5.91 Å². The molecule has 2 fully saturated rings. The molecule has 2 N–H and O–H groups in total. The SMILES string of the molecule is COc1cc(-c2nccc(-c3cccc(NC(=O)c4nc5c(n4C)CCN(CCO)C5)c3Cl)c2Cl)ccc1CN1CC2(C1)CN(C(C)=O)C2. The zero-order valence-electron chi connectivity index (χ0n) is 27.8. The molecule has 49 heavy (non-hydrogen) atoms. The molecule has 2 amide bonds. The summed E-state index contributed by atoms with van der Waals surface area (Å²) in [6.45, 7) is 8.03. The Balaban J connectivity index is 1.08. The van der Waals surface area contributed by atoms with Gasteiger partial charge in [-0.3, -0.25) is 24.4 Å². The second kappa shape index (κ2) is 13.4. The lowest BCUT2D eigenvalue weighted by atomic mass is 9.72. The van der Waals surface area contributed by atoms with Crippen LogP contribution in [0.1, 0.15) is 34.5 Å². The molecule has 0 saturated carbocycles. The Labute approximate surface area is 295 Å². The second-order valence-electron chi connectivity index (χ2n) is 13.3. The third-order valence-electron chi connectivity index (χ3n) is 9.95. The Hall–Kier alpha value is -4.00. The summed E-state index contributed by atoms with van der Waals surface area (Å²) in [5, 5.41) is 13.1. The second-order valence-corrected chi connectivity index (χ2v) is 14.1. The van der Waals surface area contributed by atoms with Gasteiger partial charge in [0.1, 0.15) is 5.75 Å². The van der Waals surface area contributed by atoms with Gasteiger partial charge in [0.25, 0.3) is 5.91 Å². The van der Waals surface area contributed by atoms with Crippen LogP contribution in [0.5, 0.6) is 5.75 Å². The normalized spacial score (nSPS) is 17.0. The minimum Gasteiger partial charge on any atom is -0.496 e. The van der Waals surface area contributed by atoms with Crippen molar-refractivity contribution in [1.29, 1.82) is 0 Å². The standard InChI is InChI=1S/C36H39Cl2N7O4/c1-22(47)45-20-36(21-45)18-44(19-36)16-24-8-7-23(15-30(24)49-3)33-32(38)26(9-11-39-33)25-5-4-6-27(31(25)37)41-35(48)34-40-28-17-43(13-14-46)12-10-29(28)42(34)2/h4-9,11,15,46H,10,12-14,16-21H2,1-3H3,(H,41,48). The zero-order valence-corrected chi connectivity index (χ0v) is 29.3. The van der Waals surface area contributed by atoms with E-state index in [1.165, 1.54) is 0 Å². The summed E-state index contributed by atoms with van der Waals surface area (Å²) < 4.78 is 7.64. The number of nitrogens with one attached hydrogen (secondary N) is 1. The van der Waals surface area contributed by atoms with E-state index in [-0.39, 0.29) is 23.8 Å². The highest BCUT2D eigenvalue weighted by molar-refractivity contribution is 6.39. The quantitative estimate of drug-likeness (QED) is 0.257. The number of rotatable bonds is 9. The number of carbonyl (C=O) groups excluding carboxylic acids is 2. The molecule has 13 heteroatoms.